The second kappa shape index (κ2) is 8.67. The Balaban J connectivity index is 1.93. The maximum Gasteiger partial charge on any atom is 0.191 e. The number of benzene rings is 1. The lowest BCUT2D eigenvalue weighted by molar-refractivity contribution is 0.0243. The largest absolute Gasteiger partial charge is 0.373 e. The first-order valence-corrected chi connectivity index (χ1v) is 10.8. The smallest absolute Gasteiger partial charge is 0.191 e. The Kier molecular flexibility index (Phi) is 6.84. The molecule has 1 aliphatic rings. The molecular formula is C18H29N3O3S. The van der Waals surface area contributed by atoms with Crippen LogP contribution in [0.4, 0.5) is 0 Å². The summed E-state index contributed by atoms with van der Waals surface area (Å²) in [6, 6.07) is 7.54. The average Bonchev–Trinajstić information content (AvgIpc) is 2.97. The topological polar surface area (TPSA) is 79.8 Å². The zero-order valence-corrected chi connectivity index (χ0v) is 16.2. The van der Waals surface area contributed by atoms with Gasteiger partial charge in [-0.1, -0.05) is 24.3 Å². The zero-order chi connectivity index (χ0) is 18.3. The summed E-state index contributed by atoms with van der Waals surface area (Å²) in [5.74, 6) is 0.832. The lowest BCUT2D eigenvalue weighted by atomic mass is 10.0. The standard InChI is InChI=1S/C18H29N3O3S/c1-4-19-17(21-14-18(2)10-5-11-24-18)20-12-15-6-8-16(9-7-15)13-25(3,22)23/h6-9H,4-5,10-14H2,1-3H3,(H2,19,20,21). The van der Waals surface area contributed by atoms with Gasteiger partial charge in [0.1, 0.15) is 0 Å². The molecule has 1 atom stereocenters. The molecule has 0 saturated carbocycles. The summed E-state index contributed by atoms with van der Waals surface area (Å²) in [6.45, 7) is 7.03. The summed E-state index contributed by atoms with van der Waals surface area (Å²) in [5.41, 5.74) is 1.72. The Bertz CT molecular complexity index is 678. The van der Waals surface area contributed by atoms with Gasteiger partial charge in [0.15, 0.2) is 15.8 Å². The van der Waals surface area contributed by atoms with Gasteiger partial charge in [-0.25, -0.2) is 13.4 Å². The van der Waals surface area contributed by atoms with Crippen LogP contribution in [0.5, 0.6) is 0 Å². The summed E-state index contributed by atoms with van der Waals surface area (Å²) in [7, 11) is -3.00. The maximum atomic E-state index is 11.3. The highest BCUT2D eigenvalue weighted by Crippen LogP contribution is 2.23. The van der Waals surface area contributed by atoms with E-state index in [4.69, 9.17) is 4.74 Å². The number of aliphatic imine (C=N–C) groups is 1. The van der Waals surface area contributed by atoms with E-state index < -0.39 is 9.84 Å². The van der Waals surface area contributed by atoms with Crippen molar-refractivity contribution in [3.63, 3.8) is 0 Å². The van der Waals surface area contributed by atoms with Crippen LogP contribution in [0.15, 0.2) is 29.3 Å². The van der Waals surface area contributed by atoms with Crippen molar-refractivity contribution in [2.24, 2.45) is 4.99 Å². The summed E-state index contributed by atoms with van der Waals surface area (Å²) in [4.78, 5) is 4.60. The Morgan fingerprint density at radius 3 is 2.48 bits per heavy atom. The molecule has 1 saturated heterocycles. The molecule has 1 aliphatic heterocycles. The molecule has 0 aromatic heterocycles. The lowest BCUT2D eigenvalue weighted by Gasteiger charge is -2.24. The second-order valence-electron chi connectivity index (χ2n) is 6.84. The normalized spacial score (nSPS) is 21.3. The molecule has 0 bridgehead atoms. The van der Waals surface area contributed by atoms with E-state index in [1.54, 1.807) is 0 Å². The first-order chi connectivity index (χ1) is 11.8. The lowest BCUT2D eigenvalue weighted by Crippen LogP contribution is -2.45. The van der Waals surface area contributed by atoms with Crippen molar-refractivity contribution >= 4 is 15.8 Å². The molecule has 1 aromatic rings. The molecule has 140 valence electrons. The van der Waals surface area contributed by atoms with Crippen LogP contribution >= 0.6 is 0 Å². The predicted octanol–water partition coefficient (Wildman–Crippen LogP) is 1.86. The van der Waals surface area contributed by atoms with Gasteiger partial charge in [0.2, 0.25) is 0 Å². The molecule has 0 amide bonds. The summed E-state index contributed by atoms with van der Waals surface area (Å²) in [5, 5.41) is 6.59. The van der Waals surface area contributed by atoms with Gasteiger partial charge in [-0.2, -0.15) is 0 Å². The number of nitrogens with zero attached hydrogens (tertiary/aromatic N) is 1. The van der Waals surface area contributed by atoms with Crippen molar-refractivity contribution in [2.45, 2.75) is 44.6 Å². The van der Waals surface area contributed by atoms with E-state index in [1.165, 1.54) is 6.26 Å². The fourth-order valence-electron chi connectivity index (χ4n) is 2.80. The number of sulfone groups is 1. The van der Waals surface area contributed by atoms with Crippen LogP contribution in [0.3, 0.4) is 0 Å². The van der Waals surface area contributed by atoms with Crippen molar-refractivity contribution in [3.05, 3.63) is 35.4 Å². The molecular weight excluding hydrogens is 338 g/mol. The average molecular weight is 368 g/mol. The van der Waals surface area contributed by atoms with Crippen LogP contribution in [0.25, 0.3) is 0 Å². The van der Waals surface area contributed by atoms with Crippen LogP contribution < -0.4 is 10.6 Å². The minimum Gasteiger partial charge on any atom is -0.373 e. The third-order valence-corrected chi connectivity index (χ3v) is 5.00. The van der Waals surface area contributed by atoms with E-state index in [9.17, 15) is 8.42 Å². The highest BCUT2D eigenvalue weighted by atomic mass is 32.2. The number of rotatable bonds is 7. The number of guanidine groups is 1. The molecule has 1 unspecified atom stereocenters. The molecule has 1 aromatic carbocycles. The Labute approximate surface area is 151 Å². The van der Waals surface area contributed by atoms with E-state index in [0.717, 1.165) is 49.6 Å². The minimum absolute atomic E-state index is 0.0688. The van der Waals surface area contributed by atoms with Gasteiger partial charge in [0, 0.05) is 26.0 Å². The molecule has 6 nitrogen and oxygen atoms in total. The summed E-state index contributed by atoms with van der Waals surface area (Å²) < 4.78 is 28.5. The SMILES string of the molecule is CCNC(=NCc1ccc(CS(C)(=O)=O)cc1)NCC1(C)CCCO1. The Hall–Kier alpha value is -1.60. The number of hydrogen-bond acceptors (Lipinski definition) is 4. The van der Waals surface area contributed by atoms with Gasteiger partial charge in [-0.05, 0) is 37.8 Å². The molecule has 1 fully saturated rings. The molecule has 0 radical (unpaired) electrons. The van der Waals surface area contributed by atoms with E-state index in [0.29, 0.717) is 6.54 Å². The molecule has 0 spiro atoms. The highest BCUT2D eigenvalue weighted by Gasteiger charge is 2.29. The molecule has 0 aliphatic carbocycles. The van der Waals surface area contributed by atoms with E-state index in [-0.39, 0.29) is 11.4 Å². The summed E-state index contributed by atoms with van der Waals surface area (Å²) in [6.07, 6.45) is 3.40. The fourth-order valence-corrected chi connectivity index (χ4v) is 3.60. The van der Waals surface area contributed by atoms with Crippen LogP contribution in [0, 0.1) is 0 Å². The molecule has 2 N–H and O–H groups in total. The number of nitrogens with one attached hydrogen (secondary N) is 2. The van der Waals surface area contributed by atoms with Crippen LogP contribution in [-0.4, -0.2) is 45.9 Å². The first kappa shape index (κ1) is 19.7. The van der Waals surface area contributed by atoms with Gasteiger partial charge in [-0.15, -0.1) is 0 Å². The van der Waals surface area contributed by atoms with Gasteiger partial charge in [0.05, 0.1) is 17.9 Å². The fraction of sp³-hybridized carbons (Fsp3) is 0.611. The molecule has 25 heavy (non-hydrogen) atoms. The van der Waals surface area contributed by atoms with Gasteiger partial charge in [0.25, 0.3) is 0 Å². The first-order valence-electron chi connectivity index (χ1n) is 8.71. The molecule has 7 heteroatoms. The third kappa shape index (κ3) is 7.04. The number of hydrogen-bond donors (Lipinski definition) is 2. The Morgan fingerprint density at radius 1 is 1.24 bits per heavy atom. The molecule has 1 heterocycles. The summed E-state index contributed by atoms with van der Waals surface area (Å²) >= 11 is 0. The van der Waals surface area contributed by atoms with Gasteiger partial charge >= 0.3 is 0 Å². The van der Waals surface area contributed by atoms with Crippen molar-refractivity contribution in [2.75, 3.05) is 26.0 Å². The highest BCUT2D eigenvalue weighted by molar-refractivity contribution is 7.89. The van der Waals surface area contributed by atoms with Crippen molar-refractivity contribution in [3.8, 4) is 0 Å². The Morgan fingerprint density at radius 2 is 1.92 bits per heavy atom. The van der Waals surface area contributed by atoms with E-state index in [1.807, 2.05) is 31.2 Å². The quantitative estimate of drug-likeness (QED) is 0.568. The van der Waals surface area contributed by atoms with E-state index >= 15 is 0 Å². The monoisotopic (exact) mass is 367 g/mol. The van der Waals surface area contributed by atoms with Crippen LogP contribution in [0.2, 0.25) is 0 Å². The second-order valence-corrected chi connectivity index (χ2v) is 8.98. The maximum absolute atomic E-state index is 11.3. The van der Waals surface area contributed by atoms with Gasteiger partial charge in [-0.3, -0.25) is 0 Å². The van der Waals surface area contributed by atoms with Crippen LogP contribution in [0.1, 0.15) is 37.8 Å². The van der Waals surface area contributed by atoms with Crippen molar-refractivity contribution < 1.29 is 13.2 Å². The van der Waals surface area contributed by atoms with Crippen LogP contribution in [-0.2, 0) is 26.9 Å². The van der Waals surface area contributed by atoms with Gasteiger partial charge < -0.3 is 15.4 Å². The number of ether oxygens (including phenoxy) is 1. The minimum atomic E-state index is -3.00. The van der Waals surface area contributed by atoms with Crippen molar-refractivity contribution in [1.82, 2.24) is 10.6 Å². The predicted molar refractivity (Wildman–Crippen MR) is 101 cm³/mol. The molecule has 2 rings (SSSR count). The van der Waals surface area contributed by atoms with E-state index in [2.05, 4.69) is 22.5 Å². The zero-order valence-electron chi connectivity index (χ0n) is 15.3. The third-order valence-electron chi connectivity index (χ3n) is 4.15. The van der Waals surface area contributed by atoms with Crippen molar-refractivity contribution in [1.29, 1.82) is 0 Å².